The molecule has 0 bridgehead atoms. The van der Waals surface area contributed by atoms with Gasteiger partial charge in [-0.15, -0.1) is 0 Å². The third kappa shape index (κ3) is 1.79. The predicted octanol–water partition coefficient (Wildman–Crippen LogP) is 2.81. The summed E-state index contributed by atoms with van der Waals surface area (Å²) in [5.41, 5.74) is 0.351. The first-order valence-electron chi connectivity index (χ1n) is 5.81. The van der Waals surface area contributed by atoms with Gasteiger partial charge in [-0.05, 0) is 24.3 Å². The van der Waals surface area contributed by atoms with Crippen molar-refractivity contribution < 1.29 is 0 Å². The summed E-state index contributed by atoms with van der Waals surface area (Å²) in [6.07, 6.45) is 0. The minimum absolute atomic E-state index is 0.121. The summed E-state index contributed by atoms with van der Waals surface area (Å²) in [7, 11) is 1.68. The topological polar surface area (TPSA) is 39.1 Å². The van der Waals surface area contributed by atoms with Crippen LogP contribution in [0.2, 0.25) is 0 Å². The van der Waals surface area contributed by atoms with Crippen molar-refractivity contribution in [2.24, 2.45) is 7.05 Å². The van der Waals surface area contributed by atoms with Crippen molar-refractivity contribution >= 4 is 37.6 Å². The number of benzene rings is 2. The number of nitrogens with zero attached hydrogens (tertiary/aromatic N) is 1. The van der Waals surface area contributed by atoms with Crippen LogP contribution in [0.1, 0.15) is 0 Å². The van der Waals surface area contributed by atoms with Gasteiger partial charge in [-0.1, -0.05) is 34.1 Å². The van der Waals surface area contributed by atoms with Crippen molar-refractivity contribution in [3.05, 3.63) is 67.5 Å². The predicted molar refractivity (Wildman–Crippen MR) is 80.7 cm³/mol. The van der Waals surface area contributed by atoms with Crippen LogP contribution in [-0.4, -0.2) is 4.57 Å². The fraction of sp³-hybridized carbons (Fsp3) is 0.0667. The van der Waals surface area contributed by atoms with Crippen LogP contribution in [0.25, 0.3) is 21.7 Å². The van der Waals surface area contributed by atoms with E-state index in [9.17, 15) is 9.59 Å². The molecule has 19 heavy (non-hydrogen) atoms. The molecule has 0 unspecified atom stereocenters. The number of rotatable bonds is 0. The second kappa shape index (κ2) is 4.31. The van der Waals surface area contributed by atoms with Crippen molar-refractivity contribution in [3.8, 4) is 0 Å². The smallest absolute Gasteiger partial charge is 0.258 e. The van der Waals surface area contributed by atoms with Crippen LogP contribution in [0.15, 0.2) is 56.5 Å². The largest absolute Gasteiger partial charge is 0.311 e. The van der Waals surface area contributed by atoms with E-state index >= 15 is 0 Å². The van der Waals surface area contributed by atoms with E-state index in [-0.39, 0.29) is 11.0 Å². The van der Waals surface area contributed by atoms with Gasteiger partial charge in [0.1, 0.15) is 0 Å². The first-order valence-corrected chi connectivity index (χ1v) is 6.60. The zero-order valence-electron chi connectivity index (χ0n) is 10.2. The minimum atomic E-state index is -0.162. The average molecular weight is 316 g/mol. The SMILES string of the molecule is Cn1c(=O)c2ccccc2c(=O)c2cc(Br)ccc21. The van der Waals surface area contributed by atoms with Crippen LogP contribution in [0.3, 0.4) is 0 Å². The van der Waals surface area contributed by atoms with E-state index in [1.807, 2.05) is 6.07 Å². The van der Waals surface area contributed by atoms with E-state index in [1.54, 1.807) is 43.4 Å². The van der Waals surface area contributed by atoms with Gasteiger partial charge in [0.2, 0.25) is 0 Å². The molecular weight excluding hydrogens is 306 g/mol. The van der Waals surface area contributed by atoms with E-state index in [0.29, 0.717) is 21.7 Å². The molecule has 0 aliphatic heterocycles. The zero-order chi connectivity index (χ0) is 13.6. The first kappa shape index (κ1) is 12.1. The van der Waals surface area contributed by atoms with Crippen molar-refractivity contribution in [2.75, 3.05) is 0 Å². The lowest BCUT2D eigenvalue weighted by atomic mass is 10.1. The normalized spacial score (nSPS) is 11.1. The Morgan fingerprint density at radius 2 is 1.63 bits per heavy atom. The molecule has 0 radical (unpaired) electrons. The minimum Gasteiger partial charge on any atom is -0.311 e. The third-order valence-electron chi connectivity index (χ3n) is 3.27. The number of aryl methyl sites for hydroxylation is 1. The van der Waals surface area contributed by atoms with Gasteiger partial charge in [0.15, 0.2) is 5.43 Å². The Morgan fingerprint density at radius 1 is 0.947 bits per heavy atom. The number of halogens is 1. The number of hydrogen-bond donors (Lipinski definition) is 0. The van der Waals surface area contributed by atoms with Crippen molar-refractivity contribution in [3.63, 3.8) is 0 Å². The fourth-order valence-electron chi connectivity index (χ4n) is 2.29. The molecule has 1 heterocycles. The van der Waals surface area contributed by atoms with E-state index < -0.39 is 0 Å². The summed E-state index contributed by atoms with van der Waals surface area (Å²) in [4.78, 5) is 25.0. The molecule has 0 saturated carbocycles. The summed E-state index contributed by atoms with van der Waals surface area (Å²) in [5.74, 6) is 0. The van der Waals surface area contributed by atoms with Crippen LogP contribution in [0, 0.1) is 0 Å². The standard InChI is InChI=1S/C15H10BrNO2/c1-17-13-7-6-9(16)8-12(13)14(18)10-4-2-3-5-11(10)15(17)19/h2-8H,1H3. The quantitative estimate of drug-likeness (QED) is 0.640. The van der Waals surface area contributed by atoms with Crippen LogP contribution in [0.4, 0.5) is 0 Å². The van der Waals surface area contributed by atoms with Crippen LogP contribution in [0.5, 0.6) is 0 Å². The maximum atomic E-state index is 12.6. The lowest BCUT2D eigenvalue weighted by molar-refractivity contribution is 0.921. The Labute approximate surface area is 117 Å². The number of aromatic nitrogens is 1. The summed E-state index contributed by atoms with van der Waals surface area (Å²) in [5, 5.41) is 1.44. The monoisotopic (exact) mass is 315 g/mol. The molecule has 3 nitrogen and oxygen atoms in total. The summed E-state index contributed by atoms with van der Waals surface area (Å²) >= 11 is 3.36. The molecule has 0 fully saturated rings. The molecule has 0 N–H and O–H groups in total. The molecule has 3 rings (SSSR count). The van der Waals surface area contributed by atoms with E-state index in [1.165, 1.54) is 4.57 Å². The van der Waals surface area contributed by atoms with E-state index in [4.69, 9.17) is 0 Å². The molecule has 0 aliphatic rings. The lowest BCUT2D eigenvalue weighted by Crippen LogP contribution is -2.13. The molecule has 0 spiro atoms. The molecule has 2 aromatic carbocycles. The Hall–Kier alpha value is -1.94. The molecule has 0 aliphatic carbocycles. The molecule has 0 atom stereocenters. The summed E-state index contributed by atoms with van der Waals surface area (Å²) in [6, 6.07) is 12.3. The second-order valence-electron chi connectivity index (χ2n) is 4.40. The highest BCUT2D eigenvalue weighted by atomic mass is 79.9. The van der Waals surface area contributed by atoms with Crippen molar-refractivity contribution in [1.82, 2.24) is 4.57 Å². The van der Waals surface area contributed by atoms with E-state index in [2.05, 4.69) is 15.9 Å². The van der Waals surface area contributed by atoms with Gasteiger partial charge in [0.05, 0.1) is 10.9 Å². The van der Waals surface area contributed by atoms with Crippen molar-refractivity contribution in [2.45, 2.75) is 0 Å². The van der Waals surface area contributed by atoms with Crippen molar-refractivity contribution in [1.29, 1.82) is 0 Å². The Morgan fingerprint density at radius 3 is 2.37 bits per heavy atom. The Balaban J connectivity index is 2.81. The van der Waals surface area contributed by atoms with Gasteiger partial charge in [-0.2, -0.15) is 0 Å². The highest BCUT2D eigenvalue weighted by Gasteiger charge is 2.08. The first-order chi connectivity index (χ1) is 9.09. The molecule has 4 heteroatoms. The fourth-order valence-corrected chi connectivity index (χ4v) is 2.65. The molecule has 0 saturated heterocycles. The Bertz CT molecular complexity index is 929. The summed E-state index contributed by atoms with van der Waals surface area (Å²) < 4.78 is 2.34. The van der Waals surface area contributed by atoms with Gasteiger partial charge in [-0.25, -0.2) is 0 Å². The maximum absolute atomic E-state index is 12.6. The van der Waals surface area contributed by atoms with Crippen LogP contribution >= 0.6 is 15.9 Å². The van der Waals surface area contributed by atoms with Crippen LogP contribution in [-0.2, 0) is 7.05 Å². The number of fused-ring (bicyclic) bond motifs is 2. The van der Waals surface area contributed by atoms with Gasteiger partial charge in [0.25, 0.3) is 5.56 Å². The highest BCUT2D eigenvalue weighted by Crippen LogP contribution is 2.17. The maximum Gasteiger partial charge on any atom is 0.258 e. The molecule has 1 aromatic heterocycles. The lowest BCUT2D eigenvalue weighted by Gasteiger charge is -1.98. The third-order valence-corrected chi connectivity index (χ3v) is 3.76. The highest BCUT2D eigenvalue weighted by molar-refractivity contribution is 9.10. The van der Waals surface area contributed by atoms with Crippen LogP contribution < -0.4 is 11.0 Å². The molecule has 3 aromatic rings. The molecule has 0 amide bonds. The molecular formula is C15H10BrNO2. The van der Waals surface area contributed by atoms with Gasteiger partial charge < -0.3 is 4.57 Å². The number of hydrogen-bond acceptors (Lipinski definition) is 2. The van der Waals surface area contributed by atoms with Gasteiger partial charge in [0, 0.05) is 22.3 Å². The molecule has 94 valence electrons. The zero-order valence-corrected chi connectivity index (χ0v) is 11.8. The Kier molecular flexibility index (Phi) is 2.75. The van der Waals surface area contributed by atoms with Gasteiger partial charge >= 0.3 is 0 Å². The second-order valence-corrected chi connectivity index (χ2v) is 5.32. The van der Waals surface area contributed by atoms with E-state index in [0.717, 1.165) is 4.47 Å². The van der Waals surface area contributed by atoms with Gasteiger partial charge in [-0.3, -0.25) is 9.59 Å². The summed E-state index contributed by atoms with van der Waals surface area (Å²) in [6.45, 7) is 0. The average Bonchev–Trinajstić information content (AvgIpc) is 2.51.